The number of ether oxygens (including phenoxy) is 1. The topological polar surface area (TPSA) is 53.1 Å². The Morgan fingerprint density at radius 3 is 2.22 bits per heavy atom. The zero-order valence-corrected chi connectivity index (χ0v) is 16.1. The van der Waals surface area contributed by atoms with E-state index >= 15 is 0 Å². The van der Waals surface area contributed by atoms with Crippen molar-refractivity contribution in [1.29, 1.82) is 0 Å². The number of anilines is 1. The van der Waals surface area contributed by atoms with Crippen LogP contribution in [0.4, 0.5) is 5.69 Å². The summed E-state index contributed by atoms with van der Waals surface area (Å²) in [4.78, 5) is 31.4. The molecule has 2 aliphatic heterocycles. The molecule has 27 heavy (non-hydrogen) atoms. The summed E-state index contributed by atoms with van der Waals surface area (Å²) in [6.07, 6.45) is 3.92. The van der Waals surface area contributed by atoms with Crippen LogP contribution in [0, 0.1) is 11.8 Å². The van der Waals surface area contributed by atoms with Gasteiger partial charge in [-0.1, -0.05) is 25.0 Å². The van der Waals surface area contributed by atoms with Crippen LogP contribution in [0.5, 0.6) is 5.75 Å². The third kappa shape index (κ3) is 3.55. The van der Waals surface area contributed by atoms with E-state index in [2.05, 4.69) is 15.9 Å². The first-order chi connectivity index (χ1) is 13.2. The number of benzene rings is 1. The fraction of sp³-hybridized carbons (Fsp3) is 0.619. The number of para-hydroxylation sites is 2. The minimum Gasteiger partial charge on any atom is -0.492 e. The van der Waals surface area contributed by atoms with E-state index in [9.17, 15) is 9.59 Å². The van der Waals surface area contributed by atoms with Crippen molar-refractivity contribution >= 4 is 17.5 Å². The molecule has 0 aromatic heterocycles. The molecule has 0 spiro atoms. The summed E-state index contributed by atoms with van der Waals surface area (Å²) >= 11 is 0. The number of fused-ring (bicyclic) bond motifs is 1. The molecule has 2 amide bonds. The second-order valence-electron chi connectivity index (χ2n) is 7.75. The highest BCUT2D eigenvalue weighted by atomic mass is 16.5. The Bertz CT molecular complexity index is 676. The Hall–Kier alpha value is -2.08. The van der Waals surface area contributed by atoms with Gasteiger partial charge < -0.3 is 9.64 Å². The van der Waals surface area contributed by atoms with Crippen LogP contribution >= 0.6 is 0 Å². The minimum absolute atomic E-state index is 0.0504. The number of amides is 2. The van der Waals surface area contributed by atoms with Crippen molar-refractivity contribution in [3.63, 3.8) is 0 Å². The van der Waals surface area contributed by atoms with E-state index in [4.69, 9.17) is 4.74 Å². The van der Waals surface area contributed by atoms with Crippen LogP contribution in [0.15, 0.2) is 24.3 Å². The molecule has 6 heteroatoms. The molecule has 1 aromatic rings. The molecule has 1 aliphatic carbocycles. The number of likely N-dealkylation sites (tertiary alicyclic amines) is 1. The molecule has 0 N–H and O–H groups in total. The highest BCUT2D eigenvalue weighted by molar-refractivity contribution is 6.05. The van der Waals surface area contributed by atoms with Gasteiger partial charge in [0.1, 0.15) is 5.75 Å². The number of piperazine rings is 1. The quantitative estimate of drug-likeness (QED) is 0.744. The van der Waals surface area contributed by atoms with Crippen molar-refractivity contribution in [2.45, 2.75) is 32.6 Å². The first-order valence-corrected chi connectivity index (χ1v) is 10.2. The van der Waals surface area contributed by atoms with Gasteiger partial charge in [-0.15, -0.1) is 0 Å². The lowest BCUT2D eigenvalue weighted by Crippen LogP contribution is -2.51. The minimum atomic E-state index is -0.0504. The molecule has 2 atom stereocenters. The number of hydrogen-bond acceptors (Lipinski definition) is 5. The van der Waals surface area contributed by atoms with E-state index in [1.54, 1.807) is 0 Å². The predicted octanol–water partition coefficient (Wildman–Crippen LogP) is 2.34. The number of nitrogens with zero attached hydrogens (tertiary/aromatic N) is 3. The van der Waals surface area contributed by atoms with E-state index in [-0.39, 0.29) is 23.7 Å². The van der Waals surface area contributed by atoms with Gasteiger partial charge >= 0.3 is 0 Å². The molecule has 1 aromatic carbocycles. The van der Waals surface area contributed by atoms with Crippen LogP contribution in [0.25, 0.3) is 0 Å². The third-order valence-corrected chi connectivity index (χ3v) is 6.15. The van der Waals surface area contributed by atoms with E-state index in [1.165, 1.54) is 4.90 Å². The lowest BCUT2D eigenvalue weighted by molar-refractivity contribution is -0.142. The molecule has 0 radical (unpaired) electrons. The Balaban J connectivity index is 1.36. The Labute approximate surface area is 161 Å². The van der Waals surface area contributed by atoms with Crippen LogP contribution in [-0.2, 0) is 9.59 Å². The van der Waals surface area contributed by atoms with Crippen molar-refractivity contribution in [1.82, 2.24) is 9.80 Å². The number of rotatable bonds is 5. The lowest BCUT2D eigenvalue weighted by atomic mass is 9.81. The van der Waals surface area contributed by atoms with Crippen molar-refractivity contribution in [2.24, 2.45) is 11.8 Å². The summed E-state index contributed by atoms with van der Waals surface area (Å²) in [7, 11) is 0. The molecule has 6 nitrogen and oxygen atoms in total. The smallest absolute Gasteiger partial charge is 0.234 e. The maximum atomic E-state index is 12.7. The molecule has 2 saturated heterocycles. The number of carbonyl (C=O) groups is 2. The summed E-state index contributed by atoms with van der Waals surface area (Å²) in [5, 5.41) is 0. The molecule has 4 rings (SSSR count). The summed E-state index contributed by atoms with van der Waals surface area (Å²) in [6, 6.07) is 8.13. The van der Waals surface area contributed by atoms with Crippen LogP contribution in [0.3, 0.4) is 0 Å². The monoisotopic (exact) mass is 371 g/mol. The summed E-state index contributed by atoms with van der Waals surface area (Å²) < 4.78 is 5.75. The first kappa shape index (κ1) is 18.3. The standard InChI is InChI=1S/C21H29N3O3/c1-2-27-19-10-6-5-9-18(19)23-13-11-22(12-14-23)15-24-20(25)16-7-3-4-8-17(16)21(24)26/h5-6,9-10,16-17H,2-4,7-8,11-15H2,1H3/t16-,17-/m1/s1. The normalized spacial score (nSPS) is 26.4. The molecular weight excluding hydrogens is 342 g/mol. The lowest BCUT2D eigenvalue weighted by Gasteiger charge is -2.37. The second kappa shape index (κ2) is 7.89. The molecule has 0 bridgehead atoms. The van der Waals surface area contributed by atoms with E-state index < -0.39 is 0 Å². The third-order valence-electron chi connectivity index (χ3n) is 6.15. The Kier molecular flexibility index (Phi) is 5.34. The van der Waals surface area contributed by atoms with Gasteiger partial charge in [0.15, 0.2) is 0 Å². The van der Waals surface area contributed by atoms with Crippen LogP contribution in [0.1, 0.15) is 32.6 Å². The van der Waals surface area contributed by atoms with Crippen molar-refractivity contribution in [3.05, 3.63) is 24.3 Å². The maximum Gasteiger partial charge on any atom is 0.234 e. The fourth-order valence-corrected chi connectivity index (χ4v) is 4.70. The van der Waals surface area contributed by atoms with Gasteiger partial charge in [0.2, 0.25) is 11.8 Å². The van der Waals surface area contributed by atoms with Crippen molar-refractivity contribution in [3.8, 4) is 5.75 Å². The molecule has 2 heterocycles. The summed E-state index contributed by atoms with van der Waals surface area (Å²) in [6.45, 7) is 6.51. The van der Waals surface area contributed by atoms with Gasteiger partial charge in [-0.05, 0) is 31.9 Å². The molecule has 3 fully saturated rings. The highest BCUT2D eigenvalue weighted by Gasteiger charge is 2.48. The van der Waals surface area contributed by atoms with Gasteiger partial charge in [-0.3, -0.25) is 19.4 Å². The van der Waals surface area contributed by atoms with E-state index in [0.29, 0.717) is 13.3 Å². The van der Waals surface area contributed by atoms with Crippen molar-refractivity contribution < 1.29 is 14.3 Å². The van der Waals surface area contributed by atoms with Crippen LogP contribution < -0.4 is 9.64 Å². The predicted molar refractivity (Wildman–Crippen MR) is 104 cm³/mol. The SMILES string of the molecule is CCOc1ccccc1N1CCN(CN2C(=O)[C@@H]3CCCC[C@H]3C2=O)CC1. The van der Waals surface area contributed by atoms with Crippen LogP contribution in [-0.4, -0.2) is 61.1 Å². The van der Waals surface area contributed by atoms with Gasteiger partial charge in [-0.2, -0.15) is 0 Å². The Morgan fingerprint density at radius 2 is 1.59 bits per heavy atom. The van der Waals surface area contributed by atoms with Gasteiger partial charge in [0.05, 0.1) is 30.8 Å². The maximum absolute atomic E-state index is 12.7. The summed E-state index contributed by atoms with van der Waals surface area (Å²) in [5.74, 6) is 0.946. The fourth-order valence-electron chi connectivity index (χ4n) is 4.70. The average molecular weight is 371 g/mol. The van der Waals surface area contributed by atoms with Gasteiger partial charge in [0.25, 0.3) is 0 Å². The van der Waals surface area contributed by atoms with E-state index in [1.807, 2.05) is 25.1 Å². The highest BCUT2D eigenvalue weighted by Crippen LogP contribution is 2.38. The summed E-state index contributed by atoms with van der Waals surface area (Å²) in [5.41, 5.74) is 1.12. The van der Waals surface area contributed by atoms with Crippen LogP contribution in [0.2, 0.25) is 0 Å². The molecule has 146 valence electrons. The molecule has 1 saturated carbocycles. The zero-order valence-electron chi connectivity index (χ0n) is 16.1. The van der Waals surface area contributed by atoms with Gasteiger partial charge in [-0.25, -0.2) is 0 Å². The van der Waals surface area contributed by atoms with E-state index in [0.717, 1.165) is 63.3 Å². The number of hydrogen-bond donors (Lipinski definition) is 0. The molecule has 3 aliphatic rings. The zero-order chi connectivity index (χ0) is 18.8. The number of carbonyl (C=O) groups excluding carboxylic acids is 2. The molecule has 0 unspecified atom stereocenters. The molecular formula is C21H29N3O3. The van der Waals surface area contributed by atoms with Crippen molar-refractivity contribution in [2.75, 3.05) is 44.4 Å². The largest absolute Gasteiger partial charge is 0.492 e. The first-order valence-electron chi connectivity index (χ1n) is 10.2. The average Bonchev–Trinajstić information content (AvgIpc) is 2.95. The van der Waals surface area contributed by atoms with Gasteiger partial charge in [0, 0.05) is 26.2 Å². The number of imide groups is 1. The Morgan fingerprint density at radius 1 is 0.963 bits per heavy atom. The second-order valence-corrected chi connectivity index (χ2v) is 7.75.